The van der Waals surface area contributed by atoms with Gasteiger partial charge < -0.3 is 19.3 Å². The summed E-state index contributed by atoms with van der Waals surface area (Å²) in [5, 5.41) is 0. The lowest BCUT2D eigenvalue weighted by molar-refractivity contribution is 0.0240. The molecule has 0 aromatic carbocycles. The molecule has 0 atom stereocenters. The van der Waals surface area contributed by atoms with Crippen molar-refractivity contribution in [2.45, 2.75) is 40.2 Å². The number of hydrogen-bond donors (Lipinski definition) is 0. The number of amides is 1. The summed E-state index contributed by atoms with van der Waals surface area (Å²) in [6.07, 6.45) is 1.57. The van der Waals surface area contributed by atoms with Crippen molar-refractivity contribution in [3.05, 3.63) is 29.7 Å². The molecule has 0 N–H and O–H groups in total. The number of carbonyl (C=O) groups is 2. The molecule has 1 aliphatic rings. The number of pyridine rings is 1. The average molecular weight is 388 g/mol. The molecule has 8 heteroatoms. The van der Waals surface area contributed by atoms with Crippen molar-refractivity contribution in [1.82, 2.24) is 14.3 Å². The van der Waals surface area contributed by atoms with Gasteiger partial charge in [0.2, 0.25) is 0 Å². The molecule has 0 radical (unpaired) electrons. The van der Waals surface area contributed by atoms with Gasteiger partial charge in [-0.05, 0) is 40.7 Å². The Hall–Kier alpha value is -2.77. The van der Waals surface area contributed by atoms with Gasteiger partial charge in [0.05, 0.1) is 12.3 Å². The molecule has 28 heavy (non-hydrogen) atoms. The molecule has 0 bridgehead atoms. The number of piperazine rings is 1. The van der Waals surface area contributed by atoms with Crippen LogP contribution >= 0.6 is 0 Å². The van der Waals surface area contributed by atoms with Crippen molar-refractivity contribution in [3.63, 3.8) is 0 Å². The monoisotopic (exact) mass is 388 g/mol. The molecular formula is C20H28N4O4. The molecule has 1 aliphatic heterocycles. The zero-order valence-electron chi connectivity index (χ0n) is 17.2. The van der Waals surface area contributed by atoms with Crippen molar-refractivity contribution in [2.24, 2.45) is 0 Å². The van der Waals surface area contributed by atoms with E-state index in [-0.39, 0.29) is 12.1 Å². The number of imidazole rings is 1. The second kappa shape index (κ2) is 7.69. The molecule has 3 heterocycles. The Labute approximate surface area is 165 Å². The summed E-state index contributed by atoms with van der Waals surface area (Å²) < 4.78 is 12.3. The van der Waals surface area contributed by atoms with Gasteiger partial charge in [0.25, 0.3) is 0 Å². The van der Waals surface area contributed by atoms with Gasteiger partial charge in [0, 0.05) is 44.1 Å². The molecule has 0 saturated carbocycles. The maximum absolute atomic E-state index is 12.2. The van der Waals surface area contributed by atoms with Crippen LogP contribution in [0.1, 0.15) is 43.9 Å². The van der Waals surface area contributed by atoms with E-state index < -0.39 is 5.60 Å². The molecule has 0 unspecified atom stereocenters. The number of nitrogens with zero attached hydrogens (tertiary/aromatic N) is 4. The van der Waals surface area contributed by atoms with E-state index in [2.05, 4.69) is 9.88 Å². The second-order valence-corrected chi connectivity index (χ2v) is 7.83. The lowest BCUT2D eigenvalue weighted by Crippen LogP contribution is -2.50. The van der Waals surface area contributed by atoms with Crippen molar-refractivity contribution in [1.29, 1.82) is 0 Å². The number of aryl methyl sites for hydroxylation is 1. The van der Waals surface area contributed by atoms with Crippen LogP contribution in [0.15, 0.2) is 18.3 Å². The number of anilines is 1. The number of hydrogen-bond acceptors (Lipinski definition) is 6. The molecule has 1 saturated heterocycles. The van der Waals surface area contributed by atoms with E-state index >= 15 is 0 Å². The third kappa shape index (κ3) is 4.21. The fourth-order valence-corrected chi connectivity index (χ4v) is 3.27. The van der Waals surface area contributed by atoms with Gasteiger partial charge in [-0.15, -0.1) is 0 Å². The summed E-state index contributed by atoms with van der Waals surface area (Å²) in [7, 11) is 0. The third-order valence-electron chi connectivity index (χ3n) is 4.55. The Kier molecular flexibility index (Phi) is 5.49. The zero-order chi connectivity index (χ0) is 20.5. The van der Waals surface area contributed by atoms with E-state index in [1.165, 1.54) is 0 Å². The van der Waals surface area contributed by atoms with Crippen molar-refractivity contribution < 1.29 is 19.1 Å². The summed E-state index contributed by atoms with van der Waals surface area (Å²) in [6.45, 7) is 12.1. The maximum atomic E-state index is 12.2. The molecular weight excluding hydrogens is 360 g/mol. The molecule has 2 aromatic rings. The smallest absolute Gasteiger partial charge is 0.410 e. The number of esters is 1. The van der Waals surface area contributed by atoms with Crippen LogP contribution in [-0.4, -0.2) is 64.7 Å². The van der Waals surface area contributed by atoms with Gasteiger partial charge in [-0.2, -0.15) is 0 Å². The highest BCUT2D eigenvalue weighted by atomic mass is 16.6. The molecule has 3 rings (SSSR count). The Morgan fingerprint density at radius 2 is 1.86 bits per heavy atom. The maximum Gasteiger partial charge on any atom is 0.410 e. The van der Waals surface area contributed by atoms with Crippen LogP contribution in [0.5, 0.6) is 0 Å². The molecule has 0 spiro atoms. The number of aromatic nitrogens is 2. The Morgan fingerprint density at radius 3 is 2.46 bits per heavy atom. The van der Waals surface area contributed by atoms with Crippen LogP contribution < -0.4 is 4.90 Å². The number of carbonyl (C=O) groups excluding carboxylic acids is 2. The third-order valence-corrected chi connectivity index (χ3v) is 4.55. The molecule has 8 nitrogen and oxygen atoms in total. The SMILES string of the molecule is CCOC(=O)c1c(C)nc2cc(N3CCN(C(=O)OC(C)(C)C)CC3)ccn12. The topological polar surface area (TPSA) is 76.4 Å². The second-order valence-electron chi connectivity index (χ2n) is 7.83. The van der Waals surface area contributed by atoms with Crippen LogP contribution in [0.3, 0.4) is 0 Å². The molecule has 0 aliphatic carbocycles. The average Bonchev–Trinajstić information content (AvgIpc) is 2.95. The first-order valence-corrected chi connectivity index (χ1v) is 9.58. The standard InChI is InChI=1S/C20H28N4O4/c1-6-27-18(25)17-14(2)21-16-13-15(7-8-24(16)17)22-9-11-23(12-10-22)19(26)28-20(3,4)5/h7-8,13H,6,9-12H2,1-5H3. The fourth-order valence-electron chi connectivity index (χ4n) is 3.27. The zero-order valence-corrected chi connectivity index (χ0v) is 17.2. The molecule has 1 fully saturated rings. The summed E-state index contributed by atoms with van der Waals surface area (Å²) in [5.41, 5.74) is 2.32. The summed E-state index contributed by atoms with van der Waals surface area (Å²) >= 11 is 0. The van der Waals surface area contributed by atoms with E-state index in [9.17, 15) is 9.59 Å². The Balaban J connectivity index is 1.72. The molecule has 152 valence electrons. The predicted octanol–water partition coefficient (Wildman–Crippen LogP) is 2.88. The first-order chi connectivity index (χ1) is 13.2. The van der Waals surface area contributed by atoms with Gasteiger partial charge in [0.1, 0.15) is 11.2 Å². The minimum Gasteiger partial charge on any atom is -0.461 e. The van der Waals surface area contributed by atoms with Gasteiger partial charge in [-0.1, -0.05) is 0 Å². The number of fused-ring (bicyclic) bond motifs is 1. The van der Waals surface area contributed by atoms with Gasteiger partial charge in [-0.25, -0.2) is 14.6 Å². The summed E-state index contributed by atoms with van der Waals surface area (Å²) in [6, 6.07) is 3.92. The quantitative estimate of drug-likeness (QED) is 0.753. The van der Waals surface area contributed by atoms with E-state index in [4.69, 9.17) is 9.47 Å². The van der Waals surface area contributed by atoms with Gasteiger partial charge in [0.15, 0.2) is 5.69 Å². The minimum atomic E-state index is -0.492. The highest BCUT2D eigenvalue weighted by Crippen LogP contribution is 2.22. The highest BCUT2D eigenvalue weighted by molar-refractivity contribution is 5.90. The number of ether oxygens (including phenoxy) is 2. The van der Waals surface area contributed by atoms with Crippen LogP contribution in [-0.2, 0) is 9.47 Å². The van der Waals surface area contributed by atoms with E-state index in [0.717, 1.165) is 5.69 Å². The predicted molar refractivity (Wildman–Crippen MR) is 106 cm³/mol. The lowest BCUT2D eigenvalue weighted by atomic mass is 10.2. The normalized spacial score (nSPS) is 15.0. The van der Waals surface area contributed by atoms with Crippen molar-refractivity contribution >= 4 is 23.4 Å². The molecule has 1 amide bonds. The lowest BCUT2D eigenvalue weighted by Gasteiger charge is -2.36. The van der Waals surface area contributed by atoms with Crippen molar-refractivity contribution in [2.75, 3.05) is 37.7 Å². The number of rotatable bonds is 3. The Bertz CT molecular complexity index is 876. The fraction of sp³-hybridized carbons (Fsp3) is 0.550. The van der Waals surface area contributed by atoms with Crippen LogP contribution in [0.4, 0.5) is 10.5 Å². The van der Waals surface area contributed by atoms with Crippen molar-refractivity contribution in [3.8, 4) is 0 Å². The van der Waals surface area contributed by atoms with E-state index in [0.29, 0.717) is 49.8 Å². The first kappa shape index (κ1) is 20.0. The highest BCUT2D eigenvalue weighted by Gasteiger charge is 2.26. The van der Waals surface area contributed by atoms with Crippen LogP contribution in [0, 0.1) is 6.92 Å². The Morgan fingerprint density at radius 1 is 1.18 bits per heavy atom. The van der Waals surface area contributed by atoms with Gasteiger partial charge in [-0.3, -0.25) is 4.40 Å². The van der Waals surface area contributed by atoms with E-state index in [1.807, 2.05) is 39.1 Å². The van der Waals surface area contributed by atoms with Crippen LogP contribution in [0.2, 0.25) is 0 Å². The minimum absolute atomic E-state index is 0.273. The van der Waals surface area contributed by atoms with Gasteiger partial charge >= 0.3 is 12.1 Å². The first-order valence-electron chi connectivity index (χ1n) is 9.58. The summed E-state index contributed by atoms with van der Waals surface area (Å²) in [4.78, 5) is 32.8. The summed E-state index contributed by atoms with van der Waals surface area (Å²) in [5.74, 6) is -0.369. The van der Waals surface area contributed by atoms with Crippen LogP contribution in [0.25, 0.3) is 5.65 Å². The van der Waals surface area contributed by atoms with E-state index in [1.54, 1.807) is 23.1 Å². The largest absolute Gasteiger partial charge is 0.461 e. The molecule has 2 aromatic heterocycles.